The van der Waals surface area contributed by atoms with Gasteiger partial charge in [0, 0.05) is 12.5 Å². The Labute approximate surface area is 121 Å². The van der Waals surface area contributed by atoms with Crippen molar-refractivity contribution in [2.45, 2.75) is 6.92 Å². The Morgan fingerprint density at radius 1 is 1.10 bits per heavy atom. The first-order valence-corrected chi connectivity index (χ1v) is 6.28. The first-order chi connectivity index (χ1) is 9.56. The highest BCUT2D eigenvalue weighted by Gasteiger charge is 2.09. The summed E-state index contributed by atoms with van der Waals surface area (Å²) < 4.78 is 4.93. The molecule has 1 N–H and O–H groups in total. The Hall–Kier alpha value is -2.33. The number of esters is 1. The van der Waals surface area contributed by atoms with Gasteiger partial charge in [-0.1, -0.05) is 29.8 Å². The maximum atomic E-state index is 12.1. The lowest BCUT2D eigenvalue weighted by Crippen LogP contribution is -2.12. The maximum absolute atomic E-state index is 12.1. The van der Waals surface area contributed by atoms with E-state index in [-0.39, 0.29) is 5.91 Å². The SMILES string of the molecule is CC(=O)Oc1cccc(C(=O)Nc2ccccc2Cl)c1. The molecule has 20 heavy (non-hydrogen) atoms. The van der Waals surface area contributed by atoms with E-state index >= 15 is 0 Å². The molecule has 5 heteroatoms. The summed E-state index contributed by atoms with van der Waals surface area (Å²) in [5.74, 6) is -0.440. The van der Waals surface area contributed by atoms with Crippen molar-refractivity contribution in [1.29, 1.82) is 0 Å². The molecular weight excluding hydrogens is 278 g/mol. The monoisotopic (exact) mass is 289 g/mol. The molecule has 0 aliphatic heterocycles. The zero-order chi connectivity index (χ0) is 14.5. The fourth-order valence-corrected chi connectivity index (χ4v) is 1.81. The molecule has 0 heterocycles. The van der Waals surface area contributed by atoms with Gasteiger partial charge < -0.3 is 10.1 Å². The van der Waals surface area contributed by atoms with Crippen LogP contribution in [0.3, 0.4) is 0 Å². The predicted molar refractivity (Wildman–Crippen MR) is 77.2 cm³/mol. The van der Waals surface area contributed by atoms with Gasteiger partial charge >= 0.3 is 5.97 Å². The molecule has 2 aromatic carbocycles. The van der Waals surface area contributed by atoms with Gasteiger partial charge in [0.05, 0.1) is 10.7 Å². The summed E-state index contributed by atoms with van der Waals surface area (Å²) in [5.41, 5.74) is 0.903. The molecule has 2 aromatic rings. The van der Waals surface area contributed by atoms with Crippen LogP contribution in [0.1, 0.15) is 17.3 Å². The van der Waals surface area contributed by atoms with Gasteiger partial charge in [-0.05, 0) is 30.3 Å². The van der Waals surface area contributed by atoms with E-state index in [0.29, 0.717) is 22.0 Å². The van der Waals surface area contributed by atoms with Crippen molar-refractivity contribution >= 4 is 29.2 Å². The third kappa shape index (κ3) is 3.59. The van der Waals surface area contributed by atoms with Crippen LogP contribution in [0.2, 0.25) is 5.02 Å². The van der Waals surface area contributed by atoms with E-state index < -0.39 is 5.97 Å². The number of hydrogen-bond donors (Lipinski definition) is 1. The number of hydrogen-bond acceptors (Lipinski definition) is 3. The quantitative estimate of drug-likeness (QED) is 0.695. The number of halogens is 1. The molecule has 1 amide bonds. The third-order valence-corrected chi connectivity index (χ3v) is 2.81. The molecule has 0 aliphatic rings. The van der Waals surface area contributed by atoms with E-state index in [1.54, 1.807) is 42.5 Å². The molecule has 102 valence electrons. The van der Waals surface area contributed by atoms with Gasteiger partial charge in [0.1, 0.15) is 5.75 Å². The van der Waals surface area contributed by atoms with E-state index in [1.807, 2.05) is 0 Å². The Morgan fingerprint density at radius 3 is 2.55 bits per heavy atom. The van der Waals surface area contributed by atoms with Gasteiger partial charge in [-0.25, -0.2) is 0 Å². The van der Waals surface area contributed by atoms with Crippen molar-refractivity contribution in [3.05, 3.63) is 59.1 Å². The molecule has 0 aliphatic carbocycles. The summed E-state index contributed by atoms with van der Waals surface area (Å²) in [5, 5.41) is 3.15. The first-order valence-electron chi connectivity index (χ1n) is 5.90. The van der Waals surface area contributed by atoms with Crippen LogP contribution < -0.4 is 10.1 Å². The molecule has 0 bridgehead atoms. The van der Waals surface area contributed by atoms with Crippen molar-refractivity contribution in [2.75, 3.05) is 5.32 Å². The smallest absolute Gasteiger partial charge is 0.308 e. The van der Waals surface area contributed by atoms with Gasteiger partial charge in [0.15, 0.2) is 0 Å². The molecule has 0 unspecified atom stereocenters. The summed E-state index contributed by atoms with van der Waals surface area (Å²) >= 11 is 5.97. The minimum absolute atomic E-state index is 0.323. The number of carbonyl (C=O) groups is 2. The summed E-state index contributed by atoms with van der Waals surface area (Å²) in [6.45, 7) is 1.30. The van der Waals surface area contributed by atoms with Crippen LogP contribution in [0, 0.1) is 0 Å². The highest BCUT2D eigenvalue weighted by atomic mass is 35.5. The standard InChI is InChI=1S/C15H12ClNO3/c1-10(18)20-12-6-4-5-11(9-12)15(19)17-14-8-3-2-7-13(14)16/h2-9H,1H3,(H,17,19). The van der Waals surface area contributed by atoms with Crippen molar-refractivity contribution in [1.82, 2.24) is 0 Å². The van der Waals surface area contributed by atoms with Crippen molar-refractivity contribution < 1.29 is 14.3 Å². The van der Waals surface area contributed by atoms with Crippen LogP contribution in [-0.2, 0) is 4.79 Å². The van der Waals surface area contributed by atoms with Crippen LogP contribution >= 0.6 is 11.6 Å². The zero-order valence-electron chi connectivity index (χ0n) is 10.7. The number of amides is 1. The van der Waals surface area contributed by atoms with Gasteiger partial charge in [-0.15, -0.1) is 0 Å². The predicted octanol–water partition coefficient (Wildman–Crippen LogP) is 3.52. The number of carbonyl (C=O) groups excluding carboxylic acids is 2. The number of nitrogens with one attached hydrogen (secondary N) is 1. The lowest BCUT2D eigenvalue weighted by molar-refractivity contribution is -0.131. The average Bonchev–Trinajstić information content (AvgIpc) is 2.41. The molecule has 0 saturated carbocycles. The summed E-state index contributed by atoms with van der Waals surface area (Å²) in [7, 11) is 0. The molecule has 0 radical (unpaired) electrons. The average molecular weight is 290 g/mol. The molecule has 0 spiro atoms. The van der Waals surface area contributed by atoms with Crippen molar-refractivity contribution in [3.8, 4) is 5.75 Å². The largest absolute Gasteiger partial charge is 0.427 e. The number of ether oxygens (including phenoxy) is 1. The topological polar surface area (TPSA) is 55.4 Å². The molecule has 2 rings (SSSR count). The second-order valence-electron chi connectivity index (χ2n) is 4.06. The van der Waals surface area contributed by atoms with E-state index in [4.69, 9.17) is 16.3 Å². The third-order valence-electron chi connectivity index (χ3n) is 2.48. The van der Waals surface area contributed by atoms with E-state index in [0.717, 1.165) is 0 Å². The van der Waals surface area contributed by atoms with Gasteiger partial charge in [0.2, 0.25) is 0 Å². The number of para-hydroxylation sites is 1. The normalized spacial score (nSPS) is 9.90. The first kappa shape index (κ1) is 14.1. The second kappa shape index (κ2) is 6.21. The van der Waals surface area contributed by atoms with Gasteiger partial charge in [-0.2, -0.15) is 0 Å². The molecule has 0 atom stereocenters. The molecule has 0 aromatic heterocycles. The summed E-state index contributed by atoms with van der Waals surface area (Å²) in [4.78, 5) is 23.0. The maximum Gasteiger partial charge on any atom is 0.308 e. The zero-order valence-corrected chi connectivity index (χ0v) is 11.5. The number of benzene rings is 2. The van der Waals surface area contributed by atoms with Crippen LogP contribution in [0.25, 0.3) is 0 Å². The highest BCUT2D eigenvalue weighted by molar-refractivity contribution is 6.33. The molecule has 0 fully saturated rings. The minimum Gasteiger partial charge on any atom is -0.427 e. The Bertz CT molecular complexity index is 655. The highest BCUT2D eigenvalue weighted by Crippen LogP contribution is 2.22. The van der Waals surface area contributed by atoms with E-state index in [1.165, 1.54) is 13.0 Å². The minimum atomic E-state index is -0.436. The summed E-state index contributed by atoms with van der Waals surface area (Å²) in [6, 6.07) is 13.3. The lowest BCUT2D eigenvalue weighted by atomic mass is 10.2. The van der Waals surface area contributed by atoms with Crippen LogP contribution in [0.4, 0.5) is 5.69 Å². The number of anilines is 1. The van der Waals surface area contributed by atoms with Crippen molar-refractivity contribution in [2.24, 2.45) is 0 Å². The fourth-order valence-electron chi connectivity index (χ4n) is 1.62. The van der Waals surface area contributed by atoms with Gasteiger partial charge in [-0.3, -0.25) is 9.59 Å². The van der Waals surface area contributed by atoms with Crippen LogP contribution in [0.15, 0.2) is 48.5 Å². The molecule has 0 saturated heterocycles. The van der Waals surface area contributed by atoms with Crippen LogP contribution in [-0.4, -0.2) is 11.9 Å². The Balaban J connectivity index is 2.17. The summed E-state index contributed by atoms with van der Waals surface area (Å²) in [6.07, 6.45) is 0. The van der Waals surface area contributed by atoms with Gasteiger partial charge in [0.25, 0.3) is 5.91 Å². The van der Waals surface area contributed by atoms with E-state index in [2.05, 4.69) is 5.32 Å². The number of rotatable bonds is 3. The Kier molecular flexibility index (Phi) is 4.38. The molecular formula is C15H12ClNO3. The Morgan fingerprint density at radius 2 is 1.85 bits per heavy atom. The molecule has 4 nitrogen and oxygen atoms in total. The van der Waals surface area contributed by atoms with Crippen molar-refractivity contribution in [3.63, 3.8) is 0 Å². The second-order valence-corrected chi connectivity index (χ2v) is 4.46. The fraction of sp³-hybridized carbons (Fsp3) is 0.0667. The lowest BCUT2D eigenvalue weighted by Gasteiger charge is -2.08. The van der Waals surface area contributed by atoms with E-state index in [9.17, 15) is 9.59 Å². The van der Waals surface area contributed by atoms with Crippen LogP contribution in [0.5, 0.6) is 5.75 Å².